The van der Waals surface area contributed by atoms with Crippen molar-refractivity contribution in [1.82, 2.24) is 15.5 Å². The van der Waals surface area contributed by atoms with Crippen LogP contribution in [-0.4, -0.2) is 42.5 Å². The predicted octanol–water partition coefficient (Wildman–Crippen LogP) is 1.55. The summed E-state index contributed by atoms with van der Waals surface area (Å²) in [5.41, 5.74) is 2.59. The molecule has 1 aliphatic rings. The molecule has 0 aromatic heterocycles. The maximum atomic E-state index is 12.4. The summed E-state index contributed by atoms with van der Waals surface area (Å²) in [5, 5.41) is 6.47. The van der Waals surface area contributed by atoms with Gasteiger partial charge in [0.2, 0.25) is 5.91 Å². The van der Waals surface area contributed by atoms with E-state index in [0.717, 1.165) is 32.6 Å². The summed E-state index contributed by atoms with van der Waals surface area (Å²) in [4.78, 5) is 14.7. The third-order valence-corrected chi connectivity index (χ3v) is 4.21. The molecule has 2 atom stereocenters. The molecule has 1 aromatic rings. The Balaban J connectivity index is 1.87. The van der Waals surface area contributed by atoms with E-state index in [0.29, 0.717) is 0 Å². The second-order valence-corrected chi connectivity index (χ2v) is 5.80. The third kappa shape index (κ3) is 4.29. The molecule has 1 aromatic carbocycles. The second-order valence-electron chi connectivity index (χ2n) is 5.80. The average molecular weight is 289 g/mol. The van der Waals surface area contributed by atoms with Crippen molar-refractivity contribution in [1.29, 1.82) is 0 Å². The molecule has 0 fully saturated rings. The van der Waals surface area contributed by atoms with Crippen molar-refractivity contribution in [2.45, 2.75) is 45.8 Å². The SMILES string of the molecule is CCN(CC)CC(C)NC(=O)[C@@H]1Cc2ccccc2CN1. The molecule has 116 valence electrons. The Bertz CT molecular complexity index is 471. The third-order valence-electron chi connectivity index (χ3n) is 4.21. The Morgan fingerprint density at radius 3 is 2.67 bits per heavy atom. The summed E-state index contributed by atoms with van der Waals surface area (Å²) in [6, 6.07) is 8.40. The molecular formula is C17H27N3O. The number of nitrogens with zero attached hydrogens (tertiary/aromatic N) is 1. The average Bonchev–Trinajstić information content (AvgIpc) is 2.52. The Morgan fingerprint density at radius 1 is 1.33 bits per heavy atom. The largest absolute Gasteiger partial charge is 0.351 e. The standard InChI is InChI=1S/C17H27N3O/c1-4-20(5-2)12-13(3)19-17(21)16-10-14-8-6-7-9-15(14)11-18-16/h6-9,13,16,18H,4-5,10-12H2,1-3H3,(H,19,21)/t13?,16-/m0/s1. The zero-order chi connectivity index (χ0) is 15.2. The molecule has 1 heterocycles. The molecule has 2 N–H and O–H groups in total. The van der Waals surface area contributed by atoms with Gasteiger partial charge in [0.1, 0.15) is 0 Å². The van der Waals surface area contributed by atoms with Crippen molar-refractivity contribution in [2.75, 3.05) is 19.6 Å². The summed E-state index contributed by atoms with van der Waals surface area (Å²) in [6.07, 6.45) is 0.778. The van der Waals surface area contributed by atoms with Crippen molar-refractivity contribution in [3.63, 3.8) is 0 Å². The van der Waals surface area contributed by atoms with Gasteiger partial charge in [-0.25, -0.2) is 0 Å². The van der Waals surface area contributed by atoms with Gasteiger partial charge in [-0.3, -0.25) is 4.79 Å². The molecule has 0 saturated heterocycles. The van der Waals surface area contributed by atoms with Gasteiger partial charge < -0.3 is 15.5 Å². The van der Waals surface area contributed by atoms with Gasteiger partial charge in [-0.15, -0.1) is 0 Å². The van der Waals surface area contributed by atoms with E-state index in [1.165, 1.54) is 11.1 Å². The summed E-state index contributed by atoms with van der Waals surface area (Å²) in [5.74, 6) is 0.115. The first-order valence-electron chi connectivity index (χ1n) is 7.96. The number of amides is 1. The van der Waals surface area contributed by atoms with Crippen LogP contribution in [0.3, 0.4) is 0 Å². The van der Waals surface area contributed by atoms with E-state index in [9.17, 15) is 4.79 Å². The number of benzene rings is 1. The van der Waals surface area contributed by atoms with Gasteiger partial charge in [-0.1, -0.05) is 38.1 Å². The van der Waals surface area contributed by atoms with Crippen molar-refractivity contribution in [2.24, 2.45) is 0 Å². The van der Waals surface area contributed by atoms with Gasteiger partial charge in [-0.2, -0.15) is 0 Å². The Hall–Kier alpha value is -1.39. The molecule has 4 heteroatoms. The van der Waals surface area contributed by atoms with Crippen LogP contribution in [0.25, 0.3) is 0 Å². The van der Waals surface area contributed by atoms with E-state index in [1.807, 2.05) is 12.1 Å². The zero-order valence-corrected chi connectivity index (χ0v) is 13.4. The molecule has 1 unspecified atom stereocenters. The van der Waals surface area contributed by atoms with E-state index in [-0.39, 0.29) is 18.0 Å². The minimum absolute atomic E-state index is 0.112. The summed E-state index contributed by atoms with van der Waals surface area (Å²) < 4.78 is 0. The van der Waals surface area contributed by atoms with Gasteiger partial charge >= 0.3 is 0 Å². The first-order chi connectivity index (χ1) is 10.1. The molecule has 0 bridgehead atoms. The molecule has 0 aliphatic carbocycles. The second kappa shape index (κ2) is 7.57. The van der Waals surface area contributed by atoms with Crippen LogP contribution in [0.4, 0.5) is 0 Å². The van der Waals surface area contributed by atoms with Gasteiger partial charge in [0.15, 0.2) is 0 Å². The Morgan fingerprint density at radius 2 is 2.00 bits per heavy atom. The number of carbonyl (C=O) groups is 1. The molecule has 0 spiro atoms. The molecule has 4 nitrogen and oxygen atoms in total. The molecule has 1 amide bonds. The lowest BCUT2D eigenvalue weighted by molar-refractivity contribution is -0.124. The highest BCUT2D eigenvalue weighted by atomic mass is 16.2. The number of likely N-dealkylation sites (N-methyl/N-ethyl adjacent to an activating group) is 1. The Kier molecular flexibility index (Phi) is 5.76. The minimum atomic E-state index is -0.112. The minimum Gasteiger partial charge on any atom is -0.351 e. The van der Waals surface area contributed by atoms with Gasteiger partial charge in [0.25, 0.3) is 0 Å². The fourth-order valence-corrected chi connectivity index (χ4v) is 2.90. The van der Waals surface area contributed by atoms with Crippen LogP contribution in [0.15, 0.2) is 24.3 Å². The highest BCUT2D eigenvalue weighted by Gasteiger charge is 2.24. The molecule has 0 saturated carbocycles. The van der Waals surface area contributed by atoms with Gasteiger partial charge in [0.05, 0.1) is 6.04 Å². The highest BCUT2D eigenvalue weighted by Crippen LogP contribution is 2.16. The van der Waals surface area contributed by atoms with Crippen LogP contribution >= 0.6 is 0 Å². The fourth-order valence-electron chi connectivity index (χ4n) is 2.90. The number of carbonyl (C=O) groups excluding carboxylic acids is 1. The highest BCUT2D eigenvalue weighted by molar-refractivity contribution is 5.82. The smallest absolute Gasteiger partial charge is 0.237 e. The van der Waals surface area contributed by atoms with Crippen LogP contribution in [-0.2, 0) is 17.8 Å². The van der Waals surface area contributed by atoms with Crippen molar-refractivity contribution in [3.05, 3.63) is 35.4 Å². The monoisotopic (exact) mass is 289 g/mol. The number of rotatable bonds is 6. The van der Waals surface area contributed by atoms with Crippen molar-refractivity contribution in [3.8, 4) is 0 Å². The normalized spacial score (nSPS) is 19.1. The lowest BCUT2D eigenvalue weighted by Crippen LogP contribution is -2.52. The van der Waals surface area contributed by atoms with Crippen LogP contribution in [0.1, 0.15) is 31.9 Å². The lowest BCUT2D eigenvalue weighted by atomic mass is 9.95. The van der Waals surface area contributed by atoms with Crippen LogP contribution in [0.5, 0.6) is 0 Å². The van der Waals surface area contributed by atoms with Crippen LogP contribution in [0.2, 0.25) is 0 Å². The number of hydrogen-bond acceptors (Lipinski definition) is 3. The molecule has 1 aliphatic heterocycles. The number of nitrogens with one attached hydrogen (secondary N) is 2. The summed E-state index contributed by atoms with van der Waals surface area (Å²) >= 11 is 0. The van der Waals surface area contributed by atoms with E-state index in [1.54, 1.807) is 0 Å². The van der Waals surface area contributed by atoms with Crippen LogP contribution < -0.4 is 10.6 Å². The summed E-state index contributed by atoms with van der Waals surface area (Å²) in [6.45, 7) is 10.1. The maximum Gasteiger partial charge on any atom is 0.237 e. The van der Waals surface area contributed by atoms with E-state index in [2.05, 4.69) is 48.4 Å². The van der Waals surface area contributed by atoms with Crippen molar-refractivity contribution >= 4 is 5.91 Å². The molecule has 21 heavy (non-hydrogen) atoms. The van der Waals surface area contributed by atoms with Crippen molar-refractivity contribution < 1.29 is 4.79 Å². The van der Waals surface area contributed by atoms with Gasteiger partial charge in [0, 0.05) is 19.1 Å². The molecule has 0 radical (unpaired) electrons. The molecule has 2 rings (SSSR count). The predicted molar refractivity (Wildman–Crippen MR) is 86.2 cm³/mol. The topological polar surface area (TPSA) is 44.4 Å². The fraction of sp³-hybridized carbons (Fsp3) is 0.588. The number of fused-ring (bicyclic) bond motifs is 1. The zero-order valence-electron chi connectivity index (χ0n) is 13.4. The van der Waals surface area contributed by atoms with E-state index >= 15 is 0 Å². The first-order valence-corrected chi connectivity index (χ1v) is 7.96. The van der Waals surface area contributed by atoms with E-state index < -0.39 is 0 Å². The first kappa shape index (κ1) is 16.0. The lowest BCUT2D eigenvalue weighted by Gasteiger charge is -2.28. The van der Waals surface area contributed by atoms with E-state index in [4.69, 9.17) is 0 Å². The Labute approximate surface area is 127 Å². The van der Waals surface area contributed by atoms with Crippen LogP contribution in [0, 0.1) is 0 Å². The quantitative estimate of drug-likeness (QED) is 0.835. The summed E-state index contributed by atoms with van der Waals surface area (Å²) in [7, 11) is 0. The number of hydrogen-bond donors (Lipinski definition) is 2. The molecular weight excluding hydrogens is 262 g/mol. The maximum absolute atomic E-state index is 12.4. The van der Waals surface area contributed by atoms with Gasteiger partial charge in [-0.05, 0) is 37.6 Å².